The lowest BCUT2D eigenvalue weighted by atomic mass is 10.0. The van der Waals surface area contributed by atoms with E-state index in [0.717, 1.165) is 20.5 Å². The van der Waals surface area contributed by atoms with Gasteiger partial charge in [-0.2, -0.15) is 5.26 Å². The van der Waals surface area contributed by atoms with Gasteiger partial charge in [-0.25, -0.2) is 4.98 Å². The van der Waals surface area contributed by atoms with Crippen molar-refractivity contribution in [3.05, 3.63) is 76.3 Å². The molecule has 0 aliphatic carbocycles. The fraction of sp³-hybridized carbons (Fsp3) is 0. The summed E-state index contributed by atoms with van der Waals surface area (Å²) in [5.41, 5.74) is 8.62. The maximum atomic E-state index is 11.0. The van der Waals surface area contributed by atoms with Gasteiger partial charge in [-0.15, -0.1) is 11.3 Å². The van der Waals surface area contributed by atoms with E-state index in [4.69, 9.17) is 5.73 Å². The van der Waals surface area contributed by atoms with Crippen molar-refractivity contribution in [2.24, 2.45) is 0 Å². The molecule has 0 bridgehead atoms. The van der Waals surface area contributed by atoms with E-state index >= 15 is 0 Å². The van der Waals surface area contributed by atoms with Crippen molar-refractivity contribution in [2.75, 3.05) is 5.73 Å². The lowest BCUT2D eigenvalue weighted by Crippen LogP contribution is -1.99. The summed E-state index contributed by atoms with van der Waals surface area (Å²) in [6, 6.07) is 20.1. The molecule has 0 saturated heterocycles. The Kier molecular flexibility index (Phi) is 4.03. The summed E-state index contributed by atoms with van der Waals surface area (Å²) in [6.07, 6.45) is 0. The van der Waals surface area contributed by atoms with Gasteiger partial charge < -0.3 is 5.73 Å². The van der Waals surface area contributed by atoms with Crippen molar-refractivity contribution in [1.82, 2.24) is 4.98 Å². The van der Waals surface area contributed by atoms with Gasteiger partial charge in [0.2, 0.25) is 0 Å². The van der Waals surface area contributed by atoms with Crippen LogP contribution in [-0.2, 0) is 0 Å². The number of non-ortho nitro benzene ring substituents is 1. The SMILES string of the molecule is N#Cc1c(-c2cc3cc([N+](=O)[O-])ccc3s2)cc(-c2ccccc2)nc1N. The number of thiophene rings is 1. The van der Waals surface area contributed by atoms with Crippen LogP contribution in [0.5, 0.6) is 0 Å². The zero-order chi connectivity index (χ0) is 19.0. The van der Waals surface area contributed by atoms with E-state index < -0.39 is 4.92 Å². The highest BCUT2D eigenvalue weighted by Crippen LogP contribution is 2.39. The Hall–Kier alpha value is -3.76. The molecule has 0 fully saturated rings. The molecule has 2 aromatic carbocycles. The summed E-state index contributed by atoms with van der Waals surface area (Å²) in [7, 11) is 0. The van der Waals surface area contributed by atoms with Crippen molar-refractivity contribution in [2.45, 2.75) is 0 Å². The molecule has 7 heteroatoms. The van der Waals surface area contributed by atoms with Crippen LogP contribution in [0.4, 0.5) is 11.5 Å². The van der Waals surface area contributed by atoms with E-state index in [9.17, 15) is 15.4 Å². The standard InChI is InChI=1S/C20H12N4O2S/c21-11-16-15(10-17(23-20(16)22)12-4-2-1-3-5-12)19-9-13-8-14(24(25)26)6-7-18(13)27-19/h1-10H,(H2,22,23). The number of nitrogens with two attached hydrogens (primary N) is 1. The second-order valence-corrected chi connectivity index (χ2v) is 6.97. The normalized spacial score (nSPS) is 10.6. The van der Waals surface area contributed by atoms with Crippen LogP contribution in [0.1, 0.15) is 5.56 Å². The smallest absolute Gasteiger partial charge is 0.270 e. The molecule has 2 heterocycles. The van der Waals surface area contributed by atoms with Crippen LogP contribution in [0.2, 0.25) is 0 Å². The quantitative estimate of drug-likeness (QED) is 0.403. The van der Waals surface area contributed by atoms with Crippen LogP contribution in [0.15, 0.2) is 60.7 Å². The highest BCUT2D eigenvalue weighted by Gasteiger charge is 2.16. The Morgan fingerprint density at radius 1 is 1.11 bits per heavy atom. The molecule has 0 radical (unpaired) electrons. The molecule has 0 unspecified atom stereocenters. The molecule has 0 spiro atoms. The van der Waals surface area contributed by atoms with Crippen LogP contribution in [0, 0.1) is 21.4 Å². The molecule has 0 atom stereocenters. The number of nitrogen functional groups attached to an aromatic ring is 1. The van der Waals surface area contributed by atoms with E-state index in [1.165, 1.54) is 23.5 Å². The van der Waals surface area contributed by atoms with E-state index in [0.29, 0.717) is 16.8 Å². The van der Waals surface area contributed by atoms with E-state index in [-0.39, 0.29) is 11.5 Å². The number of aromatic nitrogens is 1. The molecule has 2 aromatic heterocycles. The highest BCUT2D eigenvalue weighted by atomic mass is 32.1. The van der Waals surface area contributed by atoms with Gasteiger partial charge in [0.05, 0.1) is 10.6 Å². The molecule has 4 aromatic rings. The van der Waals surface area contributed by atoms with Crippen molar-refractivity contribution in [3.63, 3.8) is 0 Å². The van der Waals surface area contributed by atoms with Gasteiger partial charge in [0, 0.05) is 32.8 Å². The largest absolute Gasteiger partial charge is 0.383 e. The molecule has 0 saturated carbocycles. The number of anilines is 1. The summed E-state index contributed by atoms with van der Waals surface area (Å²) >= 11 is 1.46. The average molecular weight is 372 g/mol. The summed E-state index contributed by atoms with van der Waals surface area (Å²) in [6.45, 7) is 0. The number of fused-ring (bicyclic) bond motifs is 1. The Labute approximate surface area is 158 Å². The molecule has 0 aliphatic rings. The molecule has 6 nitrogen and oxygen atoms in total. The van der Waals surface area contributed by atoms with Crippen LogP contribution < -0.4 is 5.73 Å². The van der Waals surface area contributed by atoms with Crippen LogP contribution in [-0.4, -0.2) is 9.91 Å². The second-order valence-electron chi connectivity index (χ2n) is 5.88. The average Bonchev–Trinajstić information content (AvgIpc) is 3.11. The summed E-state index contributed by atoms with van der Waals surface area (Å²) in [5, 5.41) is 21.3. The predicted octanol–water partition coefficient (Wildman–Crippen LogP) is 4.99. The van der Waals surface area contributed by atoms with Crippen LogP contribution >= 0.6 is 11.3 Å². The Balaban J connectivity index is 1.92. The number of nitrogens with zero attached hydrogens (tertiary/aromatic N) is 3. The van der Waals surface area contributed by atoms with Gasteiger partial charge in [-0.05, 0) is 23.6 Å². The number of hydrogen-bond donors (Lipinski definition) is 1. The lowest BCUT2D eigenvalue weighted by Gasteiger charge is -2.08. The number of nitro groups is 1. The molecular formula is C20H12N4O2S. The van der Waals surface area contributed by atoms with E-state index in [2.05, 4.69) is 11.1 Å². The number of pyridine rings is 1. The van der Waals surface area contributed by atoms with Crippen LogP contribution in [0.3, 0.4) is 0 Å². The monoisotopic (exact) mass is 372 g/mol. The van der Waals surface area contributed by atoms with Gasteiger partial charge in [-0.3, -0.25) is 10.1 Å². The Morgan fingerprint density at radius 3 is 2.59 bits per heavy atom. The minimum absolute atomic E-state index is 0.0339. The summed E-state index contributed by atoms with van der Waals surface area (Å²) in [4.78, 5) is 15.8. The number of nitriles is 1. The van der Waals surface area contributed by atoms with Crippen molar-refractivity contribution in [3.8, 4) is 27.8 Å². The van der Waals surface area contributed by atoms with Gasteiger partial charge in [0.25, 0.3) is 5.69 Å². The van der Waals surface area contributed by atoms with Crippen LogP contribution in [0.25, 0.3) is 31.8 Å². The Bertz CT molecular complexity index is 1230. The lowest BCUT2D eigenvalue weighted by molar-refractivity contribution is -0.384. The fourth-order valence-electron chi connectivity index (χ4n) is 2.91. The summed E-state index contributed by atoms with van der Waals surface area (Å²) in [5.74, 6) is 0.164. The zero-order valence-electron chi connectivity index (χ0n) is 13.9. The first-order chi connectivity index (χ1) is 13.1. The number of hydrogen-bond acceptors (Lipinski definition) is 6. The summed E-state index contributed by atoms with van der Waals surface area (Å²) < 4.78 is 0.899. The maximum absolute atomic E-state index is 11.0. The molecule has 0 aliphatic heterocycles. The van der Waals surface area contributed by atoms with Gasteiger partial charge in [0.1, 0.15) is 17.5 Å². The first-order valence-electron chi connectivity index (χ1n) is 8.01. The topological polar surface area (TPSA) is 106 Å². The van der Waals surface area contributed by atoms with E-state index in [1.54, 1.807) is 6.07 Å². The maximum Gasteiger partial charge on any atom is 0.270 e. The third-order valence-corrected chi connectivity index (χ3v) is 5.35. The molecule has 27 heavy (non-hydrogen) atoms. The molecule has 2 N–H and O–H groups in total. The Morgan fingerprint density at radius 2 is 1.89 bits per heavy atom. The van der Waals surface area contributed by atoms with Crippen molar-refractivity contribution in [1.29, 1.82) is 5.26 Å². The van der Waals surface area contributed by atoms with Crippen molar-refractivity contribution < 1.29 is 4.92 Å². The third kappa shape index (κ3) is 2.99. The van der Waals surface area contributed by atoms with Crippen molar-refractivity contribution >= 4 is 32.9 Å². The van der Waals surface area contributed by atoms with Gasteiger partial charge in [0.15, 0.2) is 0 Å². The zero-order valence-corrected chi connectivity index (χ0v) is 14.7. The van der Waals surface area contributed by atoms with Gasteiger partial charge in [-0.1, -0.05) is 30.3 Å². The first-order valence-corrected chi connectivity index (χ1v) is 8.83. The minimum Gasteiger partial charge on any atom is -0.383 e. The first kappa shape index (κ1) is 16.7. The molecule has 130 valence electrons. The molecular weight excluding hydrogens is 360 g/mol. The van der Waals surface area contributed by atoms with Gasteiger partial charge >= 0.3 is 0 Å². The number of nitro benzene ring substituents is 1. The predicted molar refractivity (Wildman–Crippen MR) is 106 cm³/mol. The molecule has 4 rings (SSSR count). The molecule has 0 amide bonds. The minimum atomic E-state index is -0.421. The fourth-order valence-corrected chi connectivity index (χ4v) is 3.98. The number of benzene rings is 2. The van der Waals surface area contributed by atoms with E-state index in [1.807, 2.05) is 42.5 Å². The second kappa shape index (κ2) is 6.52. The third-order valence-electron chi connectivity index (χ3n) is 4.20. The highest BCUT2D eigenvalue weighted by molar-refractivity contribution is 7.22. The number of rotatable bonds is 3.